The molecule has 11 N–H and O–H groups in total. The number of aliphatic hydroxyl groups excluding tert-OH is 4. The number of H-pyrrole nitrogens is 2. The van der Waals surface area contributed by atoms with E-state index < -0.39 is 81.2 Å². The van der Waals surface area contributed by atoms with Crippen LogP contribution in [0.3, 0.4) is 0 Å². The fourth-order valence-electron chi connectivity index (χ4n) is 4.93. The topological polar surface area (TPSA) is 334 Å². The van der Waals surface area contributed by atoms with Crippen LogP contribution in [0.2, 0.25) is 0 Å². The number of phosphoric ester groups is 1. The van der Waals surface area contributed by atoms with Crippen molar-refractivity contribution in [1.82, 2.24) is 39.0 Å². The summed E-state index contributed by atoms with van der Waals surface area (Å²) in [7, 11) is -5.06. The van der Waals surface area contributed by atoms with Gasteiger partial charge in [-0.2, -0.15) is 9.97 Å². The molecule has 9 atom stereocenters. The van der Waals surface area contributed by atoms with Crippen LogP contribution in [-0.2, 0) is 23.1 Å². The molecule has 6 heterocycles. The van der Waals surface area contributed by atoms with Gasteiger partial charge < -0.3 is 46.3 Å². The van der Waals surface area contributed by atoms with Crippen molar-refractivity contribution >= 4 is 42.0 Å². The van der Waals surface area contributed by atoms with Gasteiger partial charge in [0.05, 0.1) is 25.9 Å². The fraction of sp³-hybridized carbons (Fsp3) is 0.500. The number of phosphoric acid groups is 1. The van der Waals surface area contributed by atoms with Crippen LogP contribution in [0.15, 0.2) is 22.2 Å². The number of nitrogens with one attached hydrogen (secondary N) is 2. The summed E-state index contributed by atoms with van der Waals surface area (Å²) in [6.07, 6.45) is -9.81. The number of fused-ring (bicyclic) bond motifs is 2. The van der Waals surface area contributed by atoms with Gasteiger partial charge in [-0.25, -0.2) is 14.5 Å². The average molecular weight is 628 g/mol. The van der Waals surface area contributed by atoms with Crippen molar-refractivity contribution in [1.29, 1.82) is 0 Å². The Morgan fingerprint density at radius 2 is 1.40 bits per heavy atom. The summed E-state index contributed by atoms with van der Waals surface area (Å²) in [5.41, 5.74) is 9.50. The number of aromatic amines is 2. The van der Waals surface area contributed by atoms with Gasteiger partial charge in [0, 0.05) is 0 Å². The molecule has 0 spiro atoms. The molecule has 4 aromatic heterocycles. The van der Waals surface area contributed by atoms with Crippen LogP contribution in [0.25, 0.3) is 22.3 Å². The standard InChI is InChI=1S/C20H25N10O12P/c21-19-25-13-7(15(35)27-19)23-3-29(13)17-10(33)9(32)6(41-17)2-39-43(37,38)42-12-5(1-31)40-18(11(12)34)30-4-24-8-14(30)26-20(22)28-16(8)36/h3-6,9-12,17-18,31-34H,1-2H2,(H,37,38)(H3,21,25,27,35)(H3,22,26,28,36). The van der Waals surface area contributed by atoms with Crippen LogP contribution in [-0.4, -0.2) is 114 Å². The Morgan fingerprint density at radius 3 is 1.93 bits per heavy atom. The molecule has 2 saturated heterocycles. The zero-order chi connectivity index (χ0) is 30.8. The van der Waals surface area contributed by atoms with Gasteiger partial charge in [0.2, 0.25) is 11.9 Å². The van der Waals surface area contributed by atoms with Gasteiger partial charge in [-0.1, -0.05) is 0 Å². The quantitative estimate of drug-likeness (QED) is 0.0835. The highest BCUT2D eigenvalue weighted by atomic mass is 31.2. The largest absolute Gasteiger partial charge is 0.472 e. The molecule has 0 saturated carbocycles. The predicted octanol–water partition coefficient (Wildman–Crippen LogP) is -4.21. The molecule has 232 valence electrons. The molecule has 23 heteroatoms. The number of nitrogens with two attached hydrogens (primary N) is 2. The Hall–Kier alpha value is -3.83. The molecule has 0 amide bonds. The first-order valence-electron chi connectivity index (χ1n) is 12.4. The normalized spacial score (nSPS) is 30.8. The van der Waals surface area contributed by atoms with Gasteiger partial charge in [-0.15, -0.1) is 0 Å². The Kier molecular flexibility index (Phi) is 7.29. The summed E-state index contributed by atoms with van der Waals surface area (Å²) < 4.78 is 36.5. The molecule has 0 bridgehead atoms. The molecule has 22 nitrogen and oxygen atoms in total. The smallest absolute Gasteiger partial charge is 0.394 e. The molecule has 0 radical (unpaired) electrons. The minimum atomic E-state index is -5.06. The summed E-state index contributed by atoms with van der Waals surface area (Å²) >= 11 is 0. The monoisotopic (exact) mass is 628 g/mol. The molecular weight excluding hydrogens is 603 g/mol. The average Bonchev–Trinajstić information content (AvgIpc) is 3.69. The summed E-state index contributed by atoms with van der Waals surface area (Å²) in [5, 5.41) is 41.8. The second kappa shape index (κ2) is 10.7. The number of aliphatic hydroxyl groups is 4. The van der Waals surface area contributed by atoms with Crippen LogP contribution in [0.1, 0.15) is 12.5 Å². The summed E-state index contributed by atoms with van der Waals surface area (Å²) in [6.45, 7) is -1.56. The van der Waals surface area contributed by atoms with Crippen molar-refractivity contribution in [2.24, 2.45) is 0 Å². The van der Waals surface area contributed by atoms with Gasteiger partial charge in [-0.3, -0.25) is 37.7 Å². The summed E-state index contributed by atoms with van der Waals surface area (Å²) in [4.78, 5) is 54.9. The van der Waals surface area contributed by atoms with Crippen molar-refractivity contribution in [3.05, 3.63) is 33.4 Å². The highest BCUT2D eigenvalue weighted by molar-refractivity contribution is 7.47. The van der Waals surface area contributed by atoms with Crippen molar-refractivity contribution in [2.45, 2.75) is 49.1 Å². The Bertz CT molecular complexity index is 1840. The van der Waals surface area contributed by atoms with Crippen molar-refractivity contribution in [3.63, 3.8) is 0 Å². The van der Waals surface area contributed by atoms with E-state index in [0.29, 0.717) is 0 Å². The SMILES string of the molecule is Nc1nc2c(ncn2C2OC(COP(=O)(O)OC3C(CO)OC(n4cnc5c(=O)[nH]c(N)nc54)C3O)C(O)C2O)c(=O)[nH]1. The number of hydrogen-bond donors (Lipinski definition) is 9. The van der Waals surface area contributed by atoms with E-state index in [4.69, 9.17) is 30.0 Å². The van der Waals surface area contributed by atoms with Crippen molar-refractivity contribution in [3.8, 4) is 0 Å². The number of nitrogen functional groups attached to an aromatic ring is 2. The second-order valence-electron chi connectivity index (χ2n) is 9.67. The molecule has 9 unspecified atom stereocenters. The maximum Gasteiger partial charge on any atom is 0.472 e. The number of nitrogens with zero attached hydrogens (tertiary/aromatic N) is 6. The van der Waals surface area contributed by atoms with E-state index in [1.165, 1.54) is 0 Å². The maximum atomic E-state index is 12.9. The third kappa shape index (κ3) is 5.08. The molecular formula is C20H25N10O12P. The summed E-state index contributed by atoms with van der Waals surface area (Å²) in [5.74, 6) is -0.479. The van der Waals surface area contributed by atoms with Gasteiger partial charge in [-0.05, 0) is 0 Å². The summed E-state index contributed by atoms with van der Waals surface area (Å²) in [6, 6.07) is 0. The molecule has 0 aromatic carbocycles. The van der Waals surface area contributed by atoms with Crippen molar-refractivity contribution in [2.75, 3.05) is 24.7 Å². The number of ether oxygens (including phenoxy) is 2. The van der Waals surface area contributed by atoms with Crippen LogP contribution in [0.4, 0.5) is 11.9 Å². The van der Waals surface area contributed by atoms with Crippen LogP contribution < -0.4 is 22.6 Å². The first-order chi connectivity index (χ1) is 20.4. The first-order valence-corrected chi connectivity index (χ1v) is 13.9. The van der Waals surface area contributed by atoms with Gasteiger partial charge in [0.1, 0.15) is 36.6 Å². The van der Waals surface area contributed by atoms with Crippen LogP contribution in [0.5, 0.6) is 0 Å². The van der Waals surface area contributed by atoms with E-state index in [9.17, 15) is 39.5 Å². The van der Waals surface area contributed by atoms with Gasteiger partial charge in [0.25, 0.3) is 11.1 Å². The Morgan fingerprint density at radius 1 is 0.884 bits per heavy atom. The minimum absolute atomic E-state index is 0.0526. The van der Waals surface area contributed by atoms with Gasteiger partial charge >= 0.3 is 7.82 Å². The van der Waals surface area contributed by atoms with E-state index in [1.807, 2.05) is 0 Å². The number of hydrogen-bond acceptors (Lipinski definition) is 17. The molecule has 2 aliphatic heterocycles. The van der Waals surface area contributed by atoms with Crippen LogP contribution >= 0.6 is 7.82 Å². The highest BCUT2D eigenvalue weighted by Gasteiger charge is 2.50. The lowest BCUT2D eigenvalue weighted by atomic mass is 10.1. The Labute approximate surface area is 237 Å². The lowest BCUT2D eigenvalue weighted by Crippen LogP contribution is -2.36. The number of rotatable bonds is 8. The number of anilines is 2. The molecule has 0 aliphatic carbocycles. The molecule has 4 aromatic rings. The maximum absolute atomic E-state index is 12.9. The van der Waals surface area contributed by atoms with Gasteiger partial charge in [0.15, 0.2) is 34.8 Å². The zero-order valence-corrected chi connectivity index (χ0v) is 22.5. The predicted molar refractivity (Wildman–Crippen MR) is 139 cm³/mol. The third-order valence-electron chi connectivity index (χ3n) is 6.93. The number of imidazole rings is 2. The first kappa shape index (κ1) is 29.3. The van der Waals surface area contributed by atoms with E-state index in [0.717, 1.165) is 21.8 Å². The lowest BCUT2D eigenvalue weighted by molar-refractivity contribution is -0.0585. The molecule has 6 rings (SSSR count). The minimum Gasteiger partial charge on any atom is -0.394 e. The highest BCUT2D eigenvalue weighted by Crippen LogP contribution is 2.49. The fourth-order valence-corrected chi connectivity index (χ4v) is 5.90. The van der Waals surface area contributed by atoms with E-state index in [1.54, 1.807) is 0 Å². The molecule has 43 heavy (non-hydrogen) atoms. The Balaban J connectivity index is 1.15. The number of aromatic nitrogens is 8. The third-order valence-corrected chi connectivity index (χ3v) is 7.92. The zero-order valence-electron chi connectivity index (χ0n) is 21.6. The van der Waals surface area contributed by atoms with E-state index in [-0.39, 0.29) is 34.2 Å². The van der Waals surface area contributed by atoms with E-state index >= 15 is 0 Å². The lowest BCUT2D eigenvalue weighted by Gasteiger charge is -2.23. The van der Waals surface area contributed by atoms with Crippen molar-refractivity contribution < 1.29 is 48.4 Å². The van der Waals surface area contributed by atoms with Crippen LogP contribution in [0, 0.1) is 0 Å². The molecule has 2 aliphatic rings. The van der Waals surface area contributed by atoms with E-state index in [2.05, 4.69) is 29.9 Å². The molecule has 2 fully saturated rings. The second-order valence-corrected chi connectivity index (χ2v) is 11.1.